The normalized spacial score (nSPS) is 13.0. The quantitative estimate of drug-likeness (QED) is 0.0824. The molecule has 4 aromatic rings. The summed E-state index contributed by atoms with van der Waals surface area (Å²) >= 11 is 0. The molecule has 1 N–H and O–H groups in total. The predicted octanol–water partition coefficient (Wildman–Crippen LogP) is 5.37. The molecule has 0 bridgehead atoms. The molecule has 258 valence electrons. The fourth-order valence-electron chi connectivity index (χ4n) is 5.95. The Hall–Kier alpha value is -4.51. The molecule has 4 rings (SSSR count). The molecule has 1 amide bonds. The molecule has 0 radical (unpaired) electrons. The zero-order chi connectivity index (χ0) is 35.7. The third-order valence-corrected chi connectivity index (χ3v) is 15.3. The SMILES string of the molecule is COC(=O)[C@H](Cc1ccccc1)NC(=O)/C(=C/CCO[Si](c1ccccc1)(c1ccccc1)C(C)(C)C)N(C)S(=O)(=O)c1ccc(C)cc1. The van der Waals surface area contributed by atoms with Gasteiger partial charge in [0, 0.05) is 20.1 Å². The van der Waals surface area contributed by atoms with Crippen molar-refractivity contribution in [2.24, 2.45) is 0 Å². The van der Waals surface area contributed by atoms with Gasteiger partial charge in [-0.15, -0.1) is 0 Å². The maximum absolute atomic E-state index is 14.0. The Balaban J connectivity index is 1.71. The molecular formula is C39H46N2O6SSi. The van der Waals surface area contributed by atoms with Crippen molar-refractivity contribution < 1.29 is 27.2 Å². The summed E-state index contributed by atoms with van der Waals surface area (Å²) in [5.41, 5.74) is 1.58. The molecule has 10 heteroatoms. The molecule has 0 heterocycles. The van der Waals surface area contributed by atoms with Crippen LogP contribution >= 0.6 is 0 Å². The zero-order valence-corrected chi connectivity index (χ0v) is 30.9. The molecule has 0 spiro atoms. The van der Waals surface area contributed by atoms with E-state index in [4.69, 9.17) is 9.16 Å². The first-order chi connectivity index (χ1) is 23.3. The molecule has 0 unspecified atom stereocenters. The maximum Gasteiger partial charge on any atom is 0.328 e. The average Bonchev–Trinajstić information content (AvgIpc) is 3.09. The second-order valence-corrected chi connectivity index (χ2v) is 19.2. The molecule has 0 saturated heterocycles. The van der Waals surface area contributed by atoms with Crippen molar-refractivity contribution in [1.29, 1.82) is 0 Å². The molecule has 0 aromatic heterocycles. The number of carbonyl (C=O) groups excluding carboxylic acids is 2. The first-order valence-corrected chi connectivity index (χ1v) is 19.6. The number of carbonyl (C=O) groups is 2. The highest BCUT2D eigenvalue weighted by Gasteiger charge is 2.50. The van der Waals surface area contributed by atoms with E-state index in [1.807, 2.05) is 73.7 Å². The van der Waals surface area contributed by atoms with E-state index < -0.39 is 36.3 Å². The van der Waals surface area contributed by atoms with Crippen LogP contribution in [0.2, 0.25) is 5.04 Å². The van der Waals surface area contributed by atoms with Gasteiger partial charge in [-0.1, -0.05) is 136 Å². The third-order valence-electron chi connectivity index (χ3n) is 8.52. The van der Waals surface area contributed by atoms with Crippen molar-refractivity contribution in [2.45, 2.75) is 56.5 Å². The van der Waals surface area contributed by atoms with Crippen molar-refractivity contribution in [1.82, 2.24) is 9.62 Å². The largest absolute Gasteiger partial charge is 0.467 e. The van der Waals surface area contributed by atoms with Crippen LogP contribution in [0.25, 0.3) is 0 Å². The van der Waals surface area contributed by atoms with Crippen LogP contribution in [0, 0.1) is 6.92 Å². The summed E-state index contributed by atoms with van der Waals surface area (Å²) in [5, 5.41) is 4.69. The Bertz CT molecular complexity index is 1790. The van der Waals surface area contributed by atoms with Gasteiger partial charge in [0.1, 0.15) is 11.7 Å². The number of amides is 1. The first kappa shape index (κ1) is 37.3. The molecule has 1 atom stereocenters. The smallest absolute Gasteiger partial charge is 0.328 e. The first-order valence-electron chi connectivity index (χ1n) is 16.2. The monoisotopic (exact) mass is 698 g/mol. The number of aryl methyl sites for hydroxylation is 1. The van der Waals surface area contributed by atoms with E-state index in [9.17, 15) is 18.0 Å². The number of hydrogen-bond donors (Lipinski definition) is 1. The summed E-state index contributed by atoms with van der Waals surface area (Å²) in [6.07, 6.45) is 1.95. The molecule has 0 saturated carbocycles. The van der Waals surface area contributed by atoms with Gasteiger partial charge < -0.3 is 14.5 Å². The minimum Gasteiger partial charge on any atom is -0.467 e. The minimum absolute atomic E-state index is 0.0386. The van der Waals surface area contributed by atoms with Crippen LogP contribution in [0.15, 0.2) is 132 Å². The summed E-state index contributed by atoms with van der Waals surface area (Å²) in [4.78, 5) is 26.9. The molecule has 0 aliphatic heterocycles. The van der Waals surface area contributed by atoms with Crippen LogP contribution in [0.4, 0.5) is 0 Å². The molecule has 4 aromatic carbocycles. The van der Waals surface area contributed by atoms with Crippen LogP contribution in [0.3, 0.4) is 0 Å². The highest BCUT2D eigenvalue weighted by Crippen LogP contribution is 2.37. The minimum atomic E-state index is -4.14. The standard InChI is InChI=1S/C39H46N2O6SSi/c1-30-24-26-32(27-25-30)48(44,45)41(5)36(37(42)40-35(38(43)46-6)29-31-17-10-7-11-18-31)23-16-28-47-49(39(2,3)4,33-19-12-8-13-20-33)34-21-14-9-15-22-34/h7-15,17-27,35H,16,28-29H2,1-6H3,(H,40,42)/b36-23-/t35-/m0/s1. The van der Waals surface area contributed by atoms with Gasteiger partial charge in [0.25, 0.3) is 24.2 Å². The fourth-order valence-corrected chi connectivity index (χ4v) is 11.7. The molecular weight excluding hydrogens is 653 g/mol. The van der Waals surface area contributed by atoms with E-state index in [0.29, 0.717) is 0 Å². The lowest BCUT2D eigenvalue weighted by Crippen LogP contribution is -2.66. The molecule has 0 fully saturated rings. The van der Waals surface area contributed by atoms with Gasteiger partial charge in [-0.2, -0.15) is 0 Å². The lowest BCUT2D eigenvalue weighted by atomic mass is 10.1. The number of nitrogens with one attached hydrogen (secondary N) is 1. The van der Waals surface area contributed by atoms with Crippen molar-refractivity contribution >= 4 is 40.6 Å². The number of ether oxygens (including phenoxy) is 1. The molecule has 0 aliphatic carbocycles. The molecule has 49 heavy (non-hydrogen) atoms. The van der Waals surface area contributed by atoms with Gasteiger partial charge in [0.05, 0.1) is 12.0 Å². The number of sulfonamides is 1. The highest BCUT2D eigenvalue weighted by atomic mass is 32.2. The van der Waals surface area contributed by atoms with E-state index in [1.165, 1.54) is 26.3 Å². The summed E-state index contributed by atoms with van der Waals surface area (Å²) in [7, 11) is -4.43. The number of methoxy groups -OCH3 is 1. The molecule has 8 nitrogen and oxygen atoms in total. The predicted molar refractivity (Wildman–Crippen MR) is 196 cm³/mol. The Labute approximate surface area is 292 Å². The van der Waals surface area contributed by atoms with Gasteiger partial charge >= 0.3 is 5.97 Å². The summed E-state index contributed by atoms with van der Waals surface area (Å²) in [5.74, 6) is -1.37. The van der Waals surface area contributed by atoms with E-state index in [1.54, 1.807) is 18.2 Å². The van der Waals surface area contributed by atoms with E-state index in [2.05, 4.69) is 50.4 Å². The summed E-state index contributed by atoms with van der Waals surface area (Å²) in [6.45, 7) is 8.61. The Kier molecular flexibility index (Phi) is 12.4. The number of rotatable bonds is 14. The highest BCUT2D eigenvalue weighted by molar-refractivity contribution is 7.89. The number of esters is 1. The summed E-state index contributed by atoms with van der Waals surface area (Å²) < 4.78 is 40.6. The molecule has 0 aliphatic rings. The van der Waals surface area contributed by atoms with Gasteiger partial charge in [-0.05, 0) is 46.5 Å². The number of benzene rings is 4. The number of likely N-dealkylation sites (N-methyl/N-ethyl adjacent to an activating group) is 1. The third kappa shape index (κ3) is 8.75. The Morgan fingerprint density at radius 1 is 0.837 bits per heavy atom. The maximum atomic E-state index is 14.0. The number of hydrogen-bond acceptors (Lipinski definition) is 6. The van der Waals surface area contributed by atoms with Crippen molar-refractivity contribution in [3.8, 4) is 0 Å². The van der Waals surface area contributed by atoms with Crippen LogP contribution in [-0.4, -0.2) is 59.7 Å². The van der Waals surface area contributed by atoms with Crippen molar-refractivity contribution in [3.63, 3.8) is 0 Å². The van der Waals surface area contributed by atoms with Crippen LogP contribution in [0.5, 0.6) is 0 Å². The van der Waals surface area contributed by atoms with Crippen molar-refractivity contribution in [3.05, 3.63) is 138 Å². The second-order valence-electron chi connectivity index (χ2n) is 12.9. The van der Waals surface area contributed by atoms with Gasteiger partial charge in [0.2, 0.25) is 0 Å². The van der Waals surface area contributed by atoms with Gasteiger partial charge in [-0.25, -0.2) is 13.2 Å². The topological polar surface area (TPSA) is 102 Å². The Morgan fingerprint density at radius 3 is 1.84 bits per heavy atom. The van der Waals surface area contributed by atoms with Crippen LogP contribution in [-0.2, 0) is 35.2 Å². The second kappa shape index (κ2) is 16.3. The van der Waals surface area contributed by atoms with Crippen LogP contribution < -0.4 is 15.7 Å². The fraction of sp³-hybridized carbons (Fsp3) is 0.282. The van der Waals surface area contributed by atoms with Gasteiger partial charge in [0.15, 0.2) is 0 Å². The lowest BCUT2D eigenvalue weighted by Gasteiger charge is -2.43. The summed E-state index contributed by atoms with van der Waals surface area (Å²) in [6, 6.07) is 35.0. The van der Waals surface area contributed by atoms with Gasteiger partial charge in [-0.3, -0.25) is 9.10 Å². The van der Waals surface area contributed by atoms with E-state index in [0.717, 1.165) is 25.8 Å². The van der Waals surface area contributed by atoms with Crippen molar-refractivity contribution in [2.75, 3.05) is 20.8 Å². The van der Waals surface area contributed by atoms with E-state index >= 15 is 0 Å². The van der Waals surface area contributed by atoms with Crippen LogP contribution in [0.1, 0.15) is 38.3 Å². The number of nitrogens with zero attached hydrogens (tertiary/aromatic N) is 1. The Morgan fingerprint density at radius 2 is 1.35 bits per heavy atom. The average molecular weight is 699 g/mol. The zero-order valence-electron chi connectivity index (χ0n) is 29.1. The van der Waals surface area contributed by atoms with E-state index in [-0.39, 0.29) is 35.1 Å². The lowest BCUT2D eigenvalue weighted by molar-refractivity contribution is -0.144.